The van der Waals surface area contributed by atoms with Crippen LogP contribution in [0, 0.1) is 12.7 Å². The van der Waals surface area contributed by atoms with Crippen LogP contribution in [0.15, 0.2) is 72.8 Å². The van der Waals surface area contributed by atoms with Crippen molar-refractivity contribution < 1.29 is 9.18 Å². The van der Waals surface area contributed by atoms with E-state index in [1.807, 2.05) is 49.4 Å². The third-order valence-electron chi connectivity index (χ3n) is 3.56. The van der Waals surface area contributed by atoms with Crippen molar-refractivity contribution in [3.8, 4) is 0 Å². The van der Waals surface area contributed by atoms with Crippen molar-refractivity contribution in [2.75, 3.05) is 10.6 Å². The molecule has 3 aromatic rings. The predicted octanol–water partition coefficient (Wildman–Crippen LogP) is 5.13. The van der Waals surface area contributed by atoms with Gasteiger partial charge in [-0.25, -0.2) is 4.39 Å². The third-order valence-corrected chi connectivity index (χ3v) is 3.56. The number of nitrogens with one attached hydrogen (secondary N) is 2. The molecule has 0 unspecified atom stereocenters. The first-order valence-corrected chi connectivity index (χ1v) is 7.61. The molecule has 3 nitrogen and oxygen atoms in total. The standard InChI is InChI=1S/C20H17FN2O/c1-14-3-2-4-19(13-14)22-17-9-11-18(12-10-17)23-20(24)15-5-7-16(21)8-6-15/h2-13,22H,1H3,(H,23,24). The van der Waals surface area contributed by atoms with Gasteiger partial charge in [-0.1, -0.05) is 12.1 Å². The lowest BCUT2D eigenvalue weighted by atomic mass is 10.2. The summed E-state index contributed by atoms with van der Waals surface area (Å²) in [5.41, 5.74) is 4.22. The monoisotopic (exact) mass is 320 g/mol. The van der Waals surface area contributed by atoms with Gasteiger partial charge in [-0.05, 0) is 73.2 Å². The van der Waals surface area contributed by atoms with E-state index in [4.69, 9.17) is 0 Å². The van der Waals surface area contributed by atoms with Crippen LogP contribution in [0.1, 0.15) is 15.9 Å². The van der Waals surface area contributed by atoms with Crippen LogP contribution < -0.4 is 10.6 Å². The number of amides is 1. The second-order valence-electron chi connectivity index (χ2n) is 5.53. The largest absolute Gasteiger partial charge is 0.356 e. The molecule has 0 saturated carbocycles. The maximum Gasteiger partial charge on any atom is 0.255 e. The molecule has 0 spiro atoms. The van der Waals surface area contributed by atoms with E-state index in [2.05, 4.69) is 16.7 Å². The molecule has 0 aromatic heterocycles. The molecule has 0 aliphatic carbocycles. The lowest BCUT2D eigenvalue weighted by Crippen LogP contribution is -2.11. The molecular weight excluding hydrogens is 303 g/mol. The van der Waals surface area contributed by atoms with Gasteiger partial charge < -0.3 is 10.6 Å². The van der Waals surface area contributed by atoms with E-state index in [1.165, 1.54) is 29.8 Å². The van der Waals surface area contributed by atoms with E-state index in [-0.39, 0.29) is 11.7 Å². The van der Waals surface area contributed by atoms with Crippen LogP contribution in [0.3, 0.4) is 0 Å². The van der Waals surface area contributed by atoms with E-state index in [0.29, 0.717) is 11.3 Å². The van der Waals surface area contributed by atoms with Crippen molar-refractivity contribution in [1.82, 2.24) is 0 Å². The number of rotatable bonds is 4. The molecule has 0 heterocycles. The second kappa shape index (κ2) is 6.96. The molecule has 0 fully saturated rings. The molecule has 24 heavy (non-hydrogen) atoms. The highest BCUT2D eigenvalue weighted by Crippen LogP contribution is 2.20. The Kier molecular flexibility index (Phi) is 4.57. The maximum atomic E-state index is 12.9. The van der Waals surface area contributed by atoms with E-state index in [9.17, 15) is 9.18 Å². The van der Waals surface area contributed by atoms with Gasteiger partial charge in [0, 0.05) is 22.6 Å². The fraction of sp³-hybridized carbons (Fsp3) is 0.0500. The molecule has 2 N–H and O–H groups in total. The third kappa shape index (κ3) is 3.98. The van der Waals surface area contributed by atoms with E-state index >= 15 is 0 Å². The van der Waals surface area contributed by atoms with Crippen molar-refractivity contribution >= 4 is 23.0 Å². The van der Waals surface area contributed by atoms with E-state index < -0.39 is 0 Å². The lowest BCUT2D eigenvalue weighted by Gasteiger charge is -2.09. The molecule has 0 aliphatic rings. The number of benzene rings is 3. The highest BCUT2D eigenvalue weighted by Gasteiger charge is 2.06. The fourth-order valence-corrected chi connectivity index (χ4v) is 2.33. The topological polar surface area (TPSA) is 41.1 Å². The Morgan fingerprint density at radius 1 is 0.833 bits per heavy atom. The zero-order valence-electron chi connectivity index (χ0n) is 13.2. The number of carbonyl (C=O) groups is 1. The van der Waals surface area contributed by atoms with Crippen LogP contribution in [0.5, 0.6) is 0 Å². The molecule has 3 aromatic carbocycles. The summed E-state index contributed by atoms with van der Waals surface area (Å²) in [5.74, 6) is -0.632. The summed E-state index contributed by atoms with van der Waals surface area (Å²) in [5, 5.41) is 6.10. The van der Waals surface area contributed by atoms with Gasteiger partial charge in [0.05, 0.1) is 0 Å². The summed E-state index contributed by atoms with van der Waals surface area (Å²) in [6, 6.07) is 21.0. The summed E-state index contributed by atoms with van der Waals surface area (Å²) in [7, 11) is 0. The van der Waals surface area contributed by atoms with Gasteiger partial charge in [0.25, 0.3) is 5.91 Å². The molecule has 0 bridgehead atoms. The first-order chi connectivity index (χ1) is 11.6. The lowest BCUT2D eigenvalue weighted by molar-refractivity contribution is 0.102. The average molecular weight is 320 g/mol. The minimum atomic E-state index is -0.363. The molecular formula is C20H17FN2O. The first-order valence-electron chi connectivity index (χ1n) is 7.61. The summed E-state index contributed by atoms with van der Waals surface area (Å²) in [6.07, 6.45) is 0. The summed E-state index contributed by atoms with van der Waals surface area (Å²) < 4.78 is 12.9. The molecule has 3 rings (SSSR count). The summed E-state index contributed by atoms with van der Waals surface area (Å²) in [6.45, 7) is 2.04. The van der Waals surface area contributed by atoms with Gasteiger partial charge in [-0.15, -0.1) is 0 Å². The molecule has 0 radical (unpaired) electrons. The number of halogens is 1. The minimum Gasteiger partial charge on any atom is -0.356 e. The average Bonchev–Trinajstić information content (AvgIpc) is 2.57. The van der Waals surface area contributed by atoms with Crippen molar-refractivity contribution in [3.63, 3.8) is 0 Å². The van der Waals surface area contributed by atoms with E-state index in [1.54, 1.807) is 0 Å². The quantitative estimate of drug-likeness (QED) is 0.699. The van der Waals surface area contributed by atoms with Gasteiger partial charge in [0.2, 0.25) is 0 Å². The number of aryl methyl sites for hydroxylation is 1. The molecule has 1 amide bonds. The van der Waals surface area contributed by atoms with Crippen LogP contribution in [0.2, 0.25) is 0 Å². The highest BCUT2D eigenvalue weighted by atomic mass is 19.1. The second-order valence-corrected chi connectivity index (χ2v) is 5.53. The number of anilines is 3. The SMILES string of the molecule is Cc1cccc(Nc2ccc(NC(=O)c3ccc(F)cc3)cc2)c1. The van der Waals surface area contributed by atoms with Gasteiger partial charge in [-0.3, -0.25) is 4.79 Å². The Morgan fingerprint density at radius 2 is 1.50 bits per heavy atom. The number of hydrogen-bond acceptors (Lipinski definition) is 2. The Bertz CT molecular complexity index is 842. The Labute approximate surface area is 140 Å². The van der Waals surface area contributed by atoms with Crippen molar-refractivity contribution in [2.24, 2.45) is 0 Å². The number of hydrogen-bond donors (Lipinski definition) is 2. The van der Waals surface area contributed by atoms with Gasteiger partial charge in [0.15, 0.2) is 0 Å². The van der Waals surface area contributed by atoms with E-state index in [0.717, 1.165) is 11.4 Å². The van der Waals surface area contributed by atoms with Crippen LogP contribution >= 0.6 is 0 Å². The smallest absolute Gasteiger partial charge is 0.255 e. The molecule has 4 heteroatoms. The van der Waals surface area contributed by atoms with Crippen LogP contribution in [0.4, 0.5) is 21.5 Å². The van der Waals surface area contributed by atoms with Crippen LogP contribution in [0.25, 0.3) is 0 Å². The van der Waals surface area contributed by atoms with Crippen molar-refractivity contribution in [3.05, 3.63) is 89.7 Å². The van der Waals surface area contributed by atoms with Gasteiger partial charge in [0.1, 0.15) is 5.82 Å². The first kappa shape index (κ1) is 15.7. The summed E-state index contributed by atoms with van der Waals surface area (Å²) in [4.78, 5) is 12.1. The van der Waals surface area contributed by atoms with Gasteiger partial charge in [-0.2, -0.15) is 0 Å². The Morgan fingerprint density at radius 3 is 2.17 bits per heavy atom. The summed E-state index contributed by atoms with van der Waals surface area (Å²) >= 11 is 0. The molecule has 0 saturated heterocycles. The van der Waals surface area contributed by atoms with Gasteiger partial charge >= 0.3 is 0 Å². The molecule has 0 atom stereocenters. The van der Waals surface area contributed by atoms with Crippen LogP contribution in [-0.4, -0.2) is 5.91 Å². The molecule has 0 aliphatic heterocycles. The Hall–Kier alpha value is -3.14. The maximum absolute atomic E-state index is 12.9. The van der Waals surface area contributed by atoms with Crippen LogP contribution in [-0.2, 0) is 0 Å². The highest BCUT2D eigenvalue weighted by molar-refractivity contribution is 6.04. The zero-order valence-corrected chi connectivity index (χ0v) is 13.2. The minimum absolute atomic E-state index is 0.269. The predicted molar refractivity (Wildman–Crippen MR) is 95.3 cm³/mol. The zero-order chi connectivity index (χ0) is 16.9. The fourth-order valence-electron chi connectivity index (χ4n) is 2.33. The Balaban J connectivity index is 1.66. The molecule has 120 valence electrons. The van der Waals surface area contributed by atoms with Crippen molar-refractivity contribution in [1.29, 1.82) is 0 Å². The normalized spacial score (nSPS) is 10.2. The number of carbonyl (C=O) groups excluding carboxylic acids is 1. The van der Waals surface area contributed by atoms with Crippen molar-refractivity contribution in [2.45, 2.75) is 6.92 Å².